The molecule has 0 unspecified atom stereocenters. The number of hydrogen-bond donors (Lipinski definition) is 2. The van der Waals surface area contributed by atoms with Gasteiger partial charge >= 0.3 is 0 Å². The second kappa shape index (κ2) is 9.86. The number of nitrogens with one attached hydrogen (secondary N) is 1. The van der Waals surface area contributed by atoms with Crippen molar-refractivity contribution in [2.24, 2.45) is 10.7 Å². The Morgan fingerprint density at radius 3 is 2.50 bits per heavy atom. The van der Waals surface area contributed by atoms with Gasteiger partial charge in [-0.25, -0.2) is 4.99 Å². The largest absolute Gasteiger partial charge is 0.497 e. The molecule has 3 aromatic carbocycles. The van der Waals surface area contributed by atoms with E-state index in [4.69, 9.17) is 15.2 Å². The van der Waals surface area contributed by atoms with E-state index in [0.29, 0.717) is 19.1 Å². The molecule has 0 saturated carbocycles. The lowest BCUT2D eigenvalue weighted by Gasteiger charge is -2.09. The van der Waals surface area contributed by atoms with E-state index in [-0.39, 0.29) is 24.0 Å². The van der Waals surface area contributed by atoms with Crippen molar-refractivity contribution < 1.29 is 9.47 Å². The Balaban J connectivity index is 0.00000243. The maximum Gasteiger partial charge on any atom is 0.193 e. The van der Waals surface area contributed by atoms with Crippen molar-refractivity contribution in [3.8, 4) is 11.5 Å². The molecule has 0 saturated heterocycles. The van der Waals surface area contributed by atoms with Crippen molar-refractivity contribution in [3.05, 3.63) is 66.7 Å². The van der Waals surface area contributed by atoms with Crippen molar-refractivity contribution in [1.82, 2.24) is 0 Å². The number of ether oxygens (including phenoxy) is 2. The molecule has 3 aromatic rings. The Morgan fingerprint density at radius 1 is 1.00 bits per heavy atom. The van der Waals surface area contributed by atoms with Crippen molar-refractivity contribution in [1.29, 1.82) is 0 Å². The highest BCUT2D eigenvalue weighted by Gasteiger charge is 2.01. The number of anilines is 1. The minimum atomic E-state index is 0. The summed E-state index contributed by atoms with van der Waals surface area (Å²) >= 11 is 0. The Hall–Kier alpha value is -2.48. The van der Waals surface area contributed by atoms with Crippen LogP contribution in [0.25, 0.3) is 10.8 Å². The molecular weight excluding hydrogens is 441 g/mol. The minimum absolute atomic E-state index is 0. The van der Waals surface area contributed by atoms with E-state index in [1.165, 1.54) is 0 Å². The summed E-state index contributed by atoms with van der Waals surface area (Å²) in [5, 5.41) is 5.29. The van der Waals surface area contributed by atoms with E-state index in [0.717, 1.165) is 28.0 Å². The average molecular weight is 463 g/mol. The van der Waals surface area contributed by atoms with E-state index < -0.39 is 0 Å². The molecule has 0 heterocycles. The van der Waals surface area contributed by atoms with Crippen LogP contribution in [0.3, 0.4) is 0 Å². The van der Waals surface area contributed by atoms with Gasteiger partial charge in [-0.2, -0.15) is 0 Å². The SMILES string of the molecule is COc1ccc(NC(N)=NCCOc2cccc3ccccc23)cc1.I. The van der Waals surface area contributed by atoms with Gasteiger partial charge in [-0.15, -0.1) is 24.0 Å². The fourth-order valence-electron chi connectivity index (χ4n) is 2.51. The monoisotopic (exact) mass is 463 g/mol. The molecule has 0 spiro atoms. The van der Waals surface area contributed by atoms with Crippen molar-refractivity contribution in [2.45, 2.75) is 0 Å². The number of aliphatic imine (C=N–C) groups is 1. The van der Waals surface area contributed by atoms with Crippen LogP contribution in [-0.4, -0.2) is 26.2 Å². The third kappa shape index (κ3) is 5.26. The molecule has 3 rings (SSSR count). The fraction of sp³-hybridized carbons (Fsp3) is 0.150. The van der Waals surface area contributed by atoms with E-state index in [2.05, 4.69) is 22.4 Å². The first-order valence-electron chi connectivity index (χ1n) is 8.08. The number of rotatable bonds is 6. The van der Waals surface area contributed by atoms with Gasteiger partial charge in [0.1, 0.15) is 18.1 Å². The zero-order valence-corrected chi connectivity index (χ0v) is 16.8. The van der Waals surface area contributed by atoms with Gasteiger partial charge in [0.05, 0.1) is 13.7 Å². The first kappa shape index (κ1) is 19.8. The number of methoxy groups -OCH3 is 1. The standard InChI is InChI=1S/C20H21N3O2.HI/c1-24-17-11-9-16(10-12-17)23-20(21)22-13-14-25-19-8-4-6-15-5-2-3-7-18(15)19;/h2-12H,13-14H2,1H3,(H3,21,22,23);1H. The molecule has 0 fully saturated rings. The zero-order valence-electron chi connectivity index (χ0n) is 14.5. The minimum Gasteiger partial charge on any atom is -0.497 e. The van der Waals surface area contributed by atoms with Crippen LogP contribution >= 0.6 is 24.0 Å². The molecule has 3 N–H and O–H groups in total. The molecule has 0 aliphatic rings. The number of guanidine groups is 1. The molecule has 0 aliphatic carbocycles. The first-order chi connectivity index (χ1) is 12.3. The van der Waals surface area contributed by atoms with Gasteiger partial charge in [-0.05, 0) is 35.7 Å². The average Bonchev–Trinajstić information content (AvgIpc) is 2.66. The summed E-state index contributed by atoms with van der Waals surface area (Å²) in [7, 11) is 1.63. The molecule has 0 bridgehead atoms. The molecule has 5 nitrogen and oxygen atoms in total. The number of nitrogens with two attached hydrogens (primary N) is 1. The summed E-state index contributed by atoms with van der Waals surface area (Å²) in [4.78, 5) is 4.28. The maximum atomic E-state index is 5.90. The van der Waals surface area contributed by atoms with Gasteiger partial charge in [0.2, 0.25) is 0 Å². The summed E-state index contributed by atoms with van der Waals surface area (Å²) in [5.41, 5.74) is 6.76. The smallest absolute Gasteiger partial charge is 0.193 e. The highest BCUT2D eigenvalue weighted by atomic mass is 127. The van der Waals surface area contributed by atoms with Gasteiger partial charge in [0.25, 0.3) is 0 Å². The fourth-order valence-corrected chi connectivity index (χ4v) is 2.51. The van der Waals surface area contributed by atoms with Crippen LogP contribution in [0.1, 0.15) is 0 Å². The van der Waals surface area contributed by atoms with Crippen LogP contribution < -0.4 is 20.5 Å². The van der Waals surface area contributed by atoms with Crippen LogP contribution in [0.2, 0.25) is 0 Å². The van der Waals surface area contributed by atoms with Crippen molar-refractivity contribution in [3.63, 3.8) is 0 Å². The maximum absolute atomic E-state index is 5.90. The Bertz CT molecular complexity index is 861. The van der Waals surface area contributed by atoms with Gasteiger partial charge in [-0.3, -0.25) is 0 Å². The van der Waals surface area contributed by atoms with Gasteiger partial charge in [-0.1, -0.05) is 36.4 Å². The molecule has 0 aliphatic heterocycles. The van der Waals surface area contributed by atoms with E-state index in [1.807, 2.05) is 54.6 Å². The van der Waals surface area contributed by atoms with Crippen LogP contribution in [0.5, 0.6) is 11.5 Å². The normalized spacial score (nSPS) is 10.9. The number of fused-ring (bicyclic) bond motifs is 1. The highest BCUT2D eigenvalue weighted by molar-refractivity contribution is 14.0. The lowest BCUT2D eigenvalue weighted by atomic mass is 10.1. The van der Waals surface area contributed by atoms with Crippen molar-refractivity contribution in [2.75, 3.05) is 25.6 Å². The molecule has 136 valence electrons. The lowest BCUT2D eigenvalue weighted by molar-refractivity contribution is 0.332. The molecule has 0 radical (unpaired) electrons. The second-order valence-corrected chi connectivity index (χ2v) is 5.45. The Labute approximate surface area is 170 Å². The summed E-state index contributed by atoms with van der Waals surface area (Å²) in [6, 6.07) is 21.6. The Kier molecular flexibility index (Phi) is 7.53. The number of benzene rings is 3. The van der Waals surface area contributed by atoms with Gasteiger partial charge in [0, 0.05) is 11.1 Å². The van der Waals surface area contributed by atoms with Crippen LogP contribution in [0, 0.1) is 0 Å². The molecule has 0 amide bonds. The number of hydrogen-bond acceptors (Lipinski definition) is 3. The van der Waals surface area contributed by atoms with E-state index in [1.54, 1.807) is 7.11 Å². The van der Waals surface area contributed by atoms with E-state index >= 15 is 0 Å². The summed E-state index contributed by atoms with van der Waals surface area (Å²) < 4.78 is 11.0. The summed E-state index contributed by atoms with van der Waals surface area (Å²) in [6.07, 6.45) is 0. The molecule has 6 heteroatoms. The number of nitrogens with zero attached hydrogens (tertiary/aromatic N) is 1. The van der Waals surface area contributed by atoms with Crippen molar-refractivity contribution >= 4 is 46.4 Å². The van der Waals surface area contributed by atoms with Crippen LogP contribution in [0.15, 0.2) is 71.7 Å². The van der Waals surface area contributed by atoms with Crippen LogP contribution in [0.4, 0.5) is 5.69 Å². The predicted molar refractivity (Wildman–Crippen MR) is 118 cm³/mol. The second-order valence-electron chi connectivity index (χ2n) is 5.45. The van der Waals surface area contributed by atoms with Gasteiger partial charge in [0.15, 0.2) is 5.96 Å². The topological polar surface area (TPSA) is 68.9 Å². The number of halogens is 1. The zero-order chi connectivity index (χ0) is 17.5. The van der Waals surface area contributed by atoms with Crippen LogP contribution in [-0.2, 0) is 0 Å². The molecule has 26 heavy (non-hydrogen) atoms. The summed E-state index contributed by atoms with van der Waals surface area (Å²) in [5.74, 6) is 2.01. The third-order valence-corrected chi connectivity index (χ3v) is 3.74. The van der Waals surface area contributed by atoms with Gasteiger partial charge < -0.3 is 20.5 Å². The molecule has 0 atom stereocenters. The quantitative estimate of drug-likeness (QED) is 0.248. The lowest BCUT2D eigenvalue weighted by Crippen LogP contribution is -2.23. The summed E-state index contributed by atoms with van der Waals surface area (Å²) in [6.45, 7) is 0.928. The predicted octanol–water partition coefficient (Wildman–Crippen LogP) is 4.27. The third-order valence-electron chi connectivity index (χ3n) is 3.74. The molecule has 0 aromatic heterocycles. The first-order valence-corrected chi connectivity index (χ1v) is 8.08. The highest BCUT2D eigenvalue weighted by Crippen LogP contribution is 2.24. The van der Waals surface area contributed by atoms with E-state index in [9.17, 15) is 0 Å². The molecular formula is C20H22IN3O2. The Morgan fingerprint density at radius 2 is 1.73 bits per heavy atom.